The van der Waals surface area contributed by atoms with Gasteiger partial charge >= 0.3 is 0 Å². The molecule has 12 heavy (non-hydrogen) atoms. The normalized spacial score (nSPS) is 12.9. The highest BCUT2D eigenvalue weighted by molar-refractivity contribution is 5.98. The molecule has 2 heteroatoms. The first-order valence-corrected chi connectivity index (χ1v) is 5.64. The van der Waals surface area contributed by atoms with Crippen molar-refractivity contribution in [2.75, 3.05) is 0 Å². The van der Waals surface area contributed by atoms with Gasteiger partial charge in [0.2, 0.25) is 0 Å². The first kappa shape index (κ1) is 11.9. The Kier molecular flexibility index (Phi) is 6.39. The van der Waals surface area contributed by atoms with Crippen LogP contribution in [0.3, 0.4) is 0 Å². The van der Waals surface area contributed by atoms with Gasteiger partial charge in [-0.1, -0.05) is 31.9 Å². The maximum Gasteiger partial charge on any atom is 0.146 e. The van der Waals surface area contributed by atoms with Crippen LogP contribution in [-0.2, 0) is 4.43 Å². The predicted octanol–water partition coefficient (Wildman–Crippen LogP) is 2.20. The fourth-order valence-electron chi connectivity index (χ4n) is 0.890. The second kappa shape index (κ2) is 6.43. The molecule has 0 bridgehead atoms. The van der Waals surface area contributed by atoms with Crippen molar-refractivity contribution in [2.24, 2.45) is 0 Å². The lowest BCUT2D eigenvalue weighted by Gasteiger charge is -2.21. The number of unbranched alkanes of at least 4 members (excludes halogenated alkanes) is 2. The van der Waals surface area contributed by atoms with Crippen LogP contribution in [0.15, 0.2) is 12.2 Å². The van der Waals surface area contributed by atoms with Gasteiger partial charge in [0.25, 0.3) is 0 Å². The van der Waals surface area contributed by atoms with Crippen LogP contribution in [0.2, 0.25) is 0 Å². The van der Waals surface area contributed by atoms with Gasteiger partial charge in [-0.3, -0.25) is 0 Å². The summed E-state index contributed by atoms with van der Waals surface area (Å²) in [6.45, 7) is 6.51. The van der Waals surface area contributed by atoms with Crippen LogP contribution in [-0.4, -0.2) is 16.1 Å². The average molecular weight is 186 g/mol. The van der Waals surface area contributed by atoms with E-state index in [0.717, 1.165) is 16.9 Å². The quantitative estimate of drug-likeness (QED) is 0.351. The van der Waals surface area contributed by atoms with Crippen molar-refractivity contribution < 1.29 is 4.43 Å². The minimum absolute atomic E-state index is 0.0644. The van der Waals surface area contributed by atoms with Gasteiger partial charge in [0.15, 0.2) is 0 Å². The highest BCUT2D eigenvalue weighted by Crippen LogP contribution is 2.13. The summed E-state index contributed by atoms with van der Waals surface area (Å²) in [5.74, 6) is 0. The molecule has 0 spiro atoms. The zero-order valence-corrected chi connectivity index (χ0v) is 10.9. The lowest BCUT2D eigenvalue weighted by Crippen LogP contribution is -2.21. The molecule has 0 amide bonds. The van der Waals surface area contributed by atoms with Crippen molar-refractivity contribution in [1.29, 1.82) is 0 Å². The molecule has 0 aliphatic heterocycles. The molecule has 0 N–H and O–H groups in total. The van der Waals surface area contributed by atoms with Crippen molar-refractivity contribution in [1.82, 2.24) is 0 Å². The Hall–Kier alpha value is -0.0831. The van der Waals surface area contributed by atoms with Crippen molar-refractivity contribution in [3.63, 3.8) is 0 Å². The zero-order valence-electron chi connectivity index (χ0n) is 8.89. The second-order valence-electron chi connectivity index (χ2n) is 3.78. The molecule has 0 radical (unpaired) electrons. The summed E-state index contributed by atoms with van der Waals surface area (Å²) in [5.41, 5.74) is 0.0644. The van der Waals surface area contributed by atoms with E-state index >= 15 is 0 Å². The average Bonchev–Trinajstić information content (AvgIpc) is 2.04. The largest absolute Gasteiger partial charge is 0.423 e. The van der Waals surface area contributed by atoms with Crippen LogP contribution < -0.4 is 0 Å². The first-order valence-electron chi connectivity index (χ1n) is 4.82. The lowest BCUT2D eigenvalue weighted by molar-refractivity contribution is 0.127. The minimum atomic E-state index is 0.0644. The molecule has 72 valence electrons. The molecule has 0 heterocycles. The highest BCUT2D eigenvalue weighted by atomic mass is 28.2. The van der Waals surface area contributed by atoms with E-state index in [2.05, 4.69) is 32.9 Å². The van der Waals surface area contributed by atoms with Crippen molar-refractivity contribution >= 4 is 10.5 Å². The van der Waals surface area contributed by atoms with Gasteiger partial charge < -0.3 is 4.43 Å². The maximum absolute atomic E-state index is 5.43. The Morgan fingerprint density at radius 3 is 2.50 bits per heavy atom. The van der Waals surface area contributed by atoms with E-state index in [1.54, 1.807) is 0 Å². The van der Waals surface area contributed by atoms with Crippen LogP contribution in [0.4, 0.5) is 0 Å². The summed E-state index contributed by atoms with van der Waals surface area (Å²) in [4.78, 5) is 0. The molecule has 0 aromatic carbocycles. The molecule has 0 aliphatic rings. The molecule has 0 atom stereocenters. The number of allylic oxidation sites excluding steroid dienone is 1. The van der Waals surface area contributed by atoms with Crippen LogP contribution in [0.1, 0.15) is 46.5 Å². The van der Waals surface area contributed by atoms with Crippen LogP contribution in [0.5, 0.6) is 0 Å². The third-order valence-electron chi connectivity index (χ3n) is 2.05. The van der Waals surface area contributed by atoms with Crippen molar-refractivity contribution in [2.45, 2.75) is 52.1 Å². The summed E-state index contributed by atoms with van der Waals surface area (Å²) in [7, 11) is 0.833. The Morgan fingerprint density at radius 2 is 2.00 bits per heavy atom. The molecular formula is C10H22OSi. The summed E-state index contributed by atoms with van der Waals surface area (Å²) in [6.07, 6.45) is 9.36. The summed E-state index contributed by atoms with van der Waals surface area (Å²) in [5, 5.41) is 0. The second-order valence-corrected chi connectivity index (χ2v) is 4.19. The SMILES string of the molecule is CCCCC=CCC(C)(C)O[SiH3]. The number of hydrogen-bond donors (Lipinski definition) is 0. The fraction of sp³-hybridized carbons (Fsp3) is 0.800. The minimum Gasteiger partial charge on any atom is -0.423 e. The summed E-state index contributed by atoms with van der Waals surface area (Å²) < 4.78 is 5.43. The van der Waals surface area contributed by atoms with Crippen molar-refractivity contribution in [3.8, 4) is 0 Å². The molecule has 0 aliphatic carbocycles. The molecule has 0 saturated carbocycles. The van der Waals surface area contributed by atoms with Gasteiger partial charge in [-0.05, 0) is 26.7 Å². The molecule has 0 unspecified atom stereocenters. The third-order valence-corrected chi connectivity index (χ3v) is 3.16. The Bertz CT molecular complexity index is 130. The number of hydrogen-bond acceptors (Lipinski definition) is 1. The number of rotatable bonds is 6. The van der Waals surface area contributed by atoms with Gasteiger partial charge in [-0.15, -0.1) is 0 Å². The van der Waals surface area contributed by atoms with Gasteiger partial charge in [-0.25, -0.2) is 0 Å². The lowest BCUT2D eigenvalue weighted by atomic mass is 10.1. The van der Waals surface area contributed by atoms with Crippen LogP contribution in [0.25, 0.3) is 0 Å². The summed E-state index contributed by atoms with van der Waals surface area (Å²) in [6, 6.07) is 0. The van der Waals surface area contributed by atoms with E-state index in [1.165, 1.54) is 19.3 Å². The van der Waals surface area contributed by atoms with Gasteiger partial charge in [0, 0.05) is 0 Å². The first-order chi connectivity index (χ1) is 5.62. The van der Waals surface area contributed by atoms with Crippen LogP contribution in [0, 0.1) is 0 Å². The predicted molar refractivity (Wildman–Crippen MR) is 58.4 cm³/mol. The van der Waals surface area contributed by atoms with E-state index in [9.17, 15) is 0 Å². The fourth-order valence-corrected chi connectivity index (χ4v) is 1.06. The molecule has 1 nitrogen and oxygen atoms in total. The maximum atomic E-state index is 5.43. The smallest absolute Gasteiger partial charge is 0.146 e. The third kappa shape index (κ3) is 6.62. The molecule has 0 aromatic rings. The topological polar surface area (TPSA) is 9.23 Å². The monoisotopic (exact) mass is 186 g/mol. The standard InChI is InChI=1S/C10H22OSi/c1-4-5-6-7-8-9-10(2,3)11-12/h7-8H,4-6,9H2,1-3,12H3. The van der Waals surface area contributed by atoms with Gasteiger partial charge in [0.05, 0.1) is 5.60 Å². The summed E-state index contributed by atoms with van der Waals surface area (Å²) >= 11 is 0. The van der Waals surface area contributed by atoms with E-state index in [1.807, 2.05) is 0 Å². The van der Waals surface area contributed by atoms with Crippen molar-refractivity contribution in [3.05, 3.63) is 12.2 Å². The molecule has 0 rings (SSSR count). The Balaban J connectivity index is 3.46. The van der Waals surface area contributed by atoms with E-state index in [-0.39, 0.29) is 5.60 Å². The molecule has 0 saturated heterocycles. The molecule has 0 aromatic heterocycles. The van der Waals surface area contributed by atoms with E-state index in [4.69, 9.17) is 4.43 Å². The van der Waals surface area contributed by atoms with E-state index in [0.29, 0.717) is 0 Å². The molecular weight excluding hydrogens is 164 g/mol. The van der Waals surface area contributed by atoms with E-state index < -0.39 is 0 Å². The van der Waals surface area contributed by atoms with Crippen LogP contribution >= 0.6 is 0 Å². The Labute approximate surface area is 79.7 Å². The Morgan fingerprint density at radius 1 is 1.33 bits per heavy atom. The van der Waals surface area contributed by atoms with Gasteiger partial charge in [-0.2, -0.15) is 0 Å². The van der Waals surface area contributed by atoms with Gasteiger partial charge in [0.1, 0.15) is 10.5 Å². The molecule has 0 fully saturated rings. The highest BCUT2D eigenvalue weighted by Gasteiger charge is 2.11. The zero-order chi connectivity index (χ0) is 9.45.